The average Bonchev–Trinajstić information content (AvgIpc) is 2.99. The predicted octanol–water partition coefficient (Wildman–Crippen LogP) is 6.87. The molecule has 2 nitrogen and oxygen atoms in total. The third-order valence-corrected chi connectivity index (χ3v) is 5.17. The first kappa shape index (κ1) is 17.8. The Hall–Kier alpha value is -2.55. The van der Waals surface area contributed by atoms with Gasteiger partial charge in [-0.25, -0.2) is 4.98 Å². The lowest BCUT2D eigenvalue weighted by atomic mass is 10.1. The van der Waals surface area contributed by atoms with Crippen molar-refractivity contribution in [3.63, 3.8) is 0 Å². The molecule has 0 saturated heterocycles. The largest absolute Gasteiger partial charge is 0.320 e. The van der Waals surface area contributed by atoms with Gasteiger partial charge in [-0.3, -0.25) is 0 Å². The Balaban J connectivity index is 1.79. The molecule has 0 radical (unpaired) electrons. The molecule has 134 valence electrons. The number of benzene rings is 3. The second-order valence-electron chi connectivity index (χ2n) is 6.50. The third kappa shape index (κ3) is 3.78. The number of halogens is 2. The quantitative estimate of drug-likeness (QED) is 0.370. The Labute approximate surface area is 168 Å². The van der Waals surface area contributed by atoms with Crippen LogP contribution in [0.1, 0.15) is 22.5 Å². The number of aromatic nitrogens is 2. The molecular formula is C23H18Cl2N2. The fourth-order valence-electron chi connectivity index (χ4n) is 3.21. The maximum Gasteiger partial charge on any atom is 0.134 e. The summed E-state index contributed by atoms with van der Waals surface area (Å²) in [6.07, 6.45) is 3.90. The van der Waals surface area contributed by atoms with Crippen molar-refractivity contribution in [2.75, 3.05) is 0 Å². The smallest absolute Gasteiger partial charge is 0.134 e. The van der Waals surface area contributed by atoms with Gasteiger partial charge in [0.15, 0.2) is 0 Å². The fraction of sp³-hybridized carbons (Fsp3) is 0.0870. The molecular weight excluding hydrogens is 375 g/mol. The van der Waals surface area contributed by atoms with Gasteiger partial charge in [0.25, 0.3) is 0 Å². The number of hydrogen-bond acceptors (Lipinski definition) is 1. The molecule has 0 bridgehead atoms. The molecule has 27 heavy (non-hydrogen) atoms. The van der Waals surface area contributed by atoms with Crippen LogP contribution in [0.25, 0.3) is 23.2 Å². The Bertz CT molecular complexity index is 1120. The highest BCUT2D eigenvalue weighted by Gasteiger charge is 2.10. The molecule has 3 aromatic carbocycles. The van der Waals surface area contributed by atoms with Crippen molar-refractivity contribution in [3.05, 3.63) is 99.3 Å². The monoisotopic (exact) mass is 392 g/mol. The molecule has 0 N–H and O–H groups in total. The van der Waals surface area contributed by atoms with Crippen molar-refractivity contribution in [3.8, 4) is 0 Å². The lowest BCUT2D eigenvalue weighted by molar-refractivity contribution is 0.813. The second kappa shape index (κ2) is 7.59. The van der Waals surface area contributed by atoms with E-state index in [0.29, 0.717) is 10.0 Å². The van der Waals surface area contributed by atoms with Crippen LogP contribution >= 0.6 is 23.2 Å². The zero-order chi connectivity index (χ0) is 18.8. The van der Waals surface area contributed by atoms with E-state index in [9.17, 15) is 0 Å². The zero-order valence-corrected chi connectivity index (χ0v) is 16.4. The Morgan fingerprint density at radius 3 is 2.41 bits per heavy atom. The lowest BCUT2D eigenvalue weighted by Crippen LogP contribution is -2.02. The highest BCUT2D eigenvalue weighted by atomic mass is 35.5. The molecule has 4 rings (SSSR count). The summed E-state index contributed by atoms with van der Waals surface area (Å²) in [7, 11) is 0. The van der Waals surface area contributed by atoms with Crippen molar-refractivity contribution in [1.29, 1.82) is 0 Å². The SMILES string of the molecule is Cc1cccc(Cn2c(/C=C/c3c(Cl)cccc3Cl)nc3ccccc32)c1. The first-order valence-electron chi connectivity index (χ1n) is 8.75. The van der Waals surface area contributed by atoms with Crippen LogP contribution < -0.4 is 0 Å². The predicted molar refractivity (Wildman–Crippen MR) is 115 cm³/mol. The molecule has 4 heteroatoms. The van der Waals surface area contributed by atoms with Gasteiger partial charge >= 0.3 is 0 Å². The minimum Gasteiger partial charge on any atom is -0.320 e. The molecule has 0 spiro atoms. The summed E-state index contributed by atoms with van der Waals surface area (Å²) in [5, 5.41) is 1.25. The number of fused-ring (bicyclic) bond motifs is 1. The number of imidazole rings is 1. The fourth-order valence-corrected chi connectivity index (χ4v) is 3.73. The molecule has 0 aliphatic rings. The van der Waals surface area contributed by atoms with Crippen LogP contribution in [0.5, 0.6) is 0 Å². The topological polar surface area (TPSA) is 17.8 Å². The first-order valence-corrected chi connectivity index (χ1v) is 9.50. The first-order chi connectivity index (χ1) is 13.1. The van der Waals surface area contributed by atoms with Crippen molar-refractivity contribution in [1.82, 2.24) is 9.55 Å². The van der Waals surface area contributed by atoms with E-state index in [4.69, 9.17) is 28.2 Å². The summed E-state index contributed by atoms with van der Waals surface area (Å²) in [6.45, 7) is 2.86. The van der Waals surface area contributed by atoms with E-state index in [-0.39, 0.29) is 0 Å². The lowest BCUT2D eigenvalue weighted by Gasteiger charge is -2.08. The highest BCUT2D eigenvalue weighted by Crippen LogP contribution is 2.27. The van der Waals surface area contributed by atoms with Crippen LogP contribution in [0.4, 0.5) is 0 Å². The van der Waals surface area contributed by atoms with E-state index in [0.717, 1.165) is 29.0 Å². The molecule has 0 aliphatic carbocycles. The molecule has 0 unspecified atom stereocenters. The van der Waals surface area contributed by atoms with Gasteiger partial charge in [-0.15, -0.1) is 0 Å². The Kier molecular flexibility index (Phi) is 5.02. The number of hydrogen-bond donors (Lipinski definition) is 0. The van der Waals surface area contributed by atoms with E-state index in [1.807, 2.05) is 48.6 Å². The molecule has 0 saturated carbocycles. The van der Waals surface area contributed by atoms with Gasteiger partial charge in [0.05, 0.1) is 11.0 Å². The third-order valence-electron chi connectivity index (χ3n) is 4.51. The Morgan fingerprint density at radius 1 is 0.889 bits per heavy atom. The summed E-state index contributed by atoms with van der Waals surface area (Å²) in [6, 6.07) is 22.2. The van der Waals surface area contributed by atoms with E-state index >= 15 is 0 Å². The van der Waals surface area contributed by atoms with Crippen LogP contribution in [0.3, 0.4) is 0 Å². The van der Waals surface area contributed by atoms with Gasteiger partial charge in [0.2, 0.25) is 0 Å². The minimum absolute atomic E-state index is 0.625. The van der Waals surface area contributed by atoms with E-state index in [2.05, 4.69) is 41.8 Å². The molecule has 0 atom stereocenters. The normalized spacial score (nSPS) is 11.5. The Morgan fingerprint density at radius 2 is 1.63 bits per heavy atom. The molecule has 1 aromatic heterocycles. The summed E-state index contributed by atoms with van der Waals surface area (Å²) in [5.41, 5.74) is 5.36. The van der Waals surface area contributed by atoms with Gasteiger partial charge in [0, 0.05) is 22.2 Å². The summed E-state index contributed by atoms with van der Waals surface area (Å²) >= 11 is 12.6. The van der Waals surface area contributed by atoms with E-state index in [1.165, 1.54) is 11.1 Å². The summed E-state index contributed by atoms with van der Waals surface area (Å²) in [4.78, 5) is 4.80. The van der Waals surface area contributed by atoms with Crippen molar-refractivity contribution < 1.29 is 0 Å². The zero-order valence-electron chi connectivity index (χ0n) is 14.9. The number of rotatable bonds is 4. The highest BCUT2D eigenvalue weighted by molar-refractivity contribution is 6.37. The molecule has 0 amide bonds. The van der Waals surface area contributed by atoms with Crippen LogP contribution in [-0.2, 0) is 6.54 Å². The van der Waals surface area contributed by atoms with Gasteiger partial charge in [-0.2, -0.15) is 0 Å². The molecule has 0 aliphatic heterocycles. The van der Waals surface area contributed by atoms with Crippen LogP contribution in [0.15, 0.2) is 66.7 Å². The van der Waals surface area contributed by atoms with Gasteiger partial charge < -0.3 is 4.57 Å². The molecule has 0 fully saturated rings. The number of aryl methyl sites for hydroxylation is 1. The average molecular weight is 393 g/mol. The molecule has 4 aromatic rings. The van der Waals surface area contributed by atoms with Crippen LogP contribution in [0.2, 0.25) is 10.0 Å². The van der Waals surface area contributed by atoms with Gasteiger partial charge in [0.1, 0.15) is 5.82 Å². The summed E-state index contributed by atoms with van der Waals surface area (Å²) in [5.74, 6) is 0.869. The van der Waals surface area contributed by atoms with Crippen molar-refractivity contribution in [2.24, 2.45) is 0 Å². The van der Waals surface area contributed by atoms with Gasteiger partial charge in [-0.05, 0) is 48.9 Å². The number of nitrogens with zero attached hydrogens (tertiary/aromatic N) is 2. The second-order valence-corrected chi connectivity index (χ2v) is 7.32. The maximum absolute atomic E-state index is 6.30. The summed E-state index contributed by atoms with van der Waals surface area (Å²) < 4.78 is 2.21. The van der Waals surface area contributed by atoms with E-state index in [1.54, 1.807) is 0 Å². The van der Waals surface area contributed by atoms with E-state index < -0.39 is 0 Å². The minimum atomic E-state index is 0.625. The number of para-hydroxylation sites is 2. The standard InChI is InChI=1S/C23H18Cl2N2/c1-16-6-4-7-17(14-16)15-27-22-11-3-2-10-21(22)26-23(27)13-12-18-19(24)8-5-9-20(18)25/h2-14H,15H2,1H3/b13-12+. The maximum atomic E-state index is 6.30. The van der Waals surface area contributed by atoms with Gasteiger partial charge in [-0.1, -0.05) is 71.2 Å². The van der Waals surface area contributed by atoms with Crippen molar-refractivity contribution >= 4 is 46.4 Å². The van der Waals surface area contributed by atoms with Crippen LogP contribution in [-0.4, -0.2) is 9.55 Å². The van der Waals surface area contributed by atoms with Crippen LogP contribution in [0, 0.1) is 6.92 Å². The molecule has 1 heterocycles. The van der Waals surface area contributed by atoms with Crippen molar-refractivity contribution in [2.45, 2.75) is 13.5 Å².